The van der Waals surface area contributed by atoms with Crippen molar-refractivity contribution < 1.29 is 17.9 Å². The van der Waals surface area contributed by atoms with Crippen molar-refractivity contribution in [3.8, 4) is 5.75 Å². The largest absolute Gasteiger partial charge is 0.495 e. The van der Waals surface area contributed by atoms with Crippen LogP contribution in [0.25, 0.3) is 0 Å². The molecular weight excluding hydrogens is 230 g/mol. The zero-order valence-corrected chi connectivity index (χ0v) is 9.45. The molecule has 0 aliphatic carbocycles. The van der Waals surface area contributed by atoms with Crippen molar-refractivity contribution in [2.45, 2.75) is 4.90 Å². The Balaban J connectivity index is 3.56. The molecule has 0 bridgehead atoms. The standard InChI is InChI=1S/C10H11NO4S/c1-3-8(12)7-5-4-6-9(10(7)15-2)16(11,13)14/h3-6H,1H2,2H3,(H2,11,13,14). The summed E-state index contributed by atoms with van der Waals surface area (Å²) in [7, 11) is -2.65. The van der Waals surface area contributed by atoms with Gasteiger partial charge in [0.1, 0.15) is 10.6 Å². The Labute approximate surface area is 93.6 Å². The van der Waals surface area contributed by atoms with Crippen LogP contribution in [0.4, 0.5) is 0 Å². The Hall–Kier alpha value is -1.66. The second-order valence-corrected chi connectivity index (χ2v) is 4.48. The Morgan fingerprint density at radius 3 is 2.56 bits per heavy atom. The molecule has 16 heavy (non-hydrogen) atoms. The fourth-order valence-electron chi connectivity index (χ4n) is 1.25. The van der Waals surface area contributed by atoms with E-state index < -0.39 is 15.8 Å². The van der Waals surface area contributed by atoms with Crippen LogP contribution in [0.2, 0.25) is 0 Å². The van der Waals surface area contributed by atoms with Crippen LogP contribution >= 0.6 is 0 Å². The van der Waals surface area contributed by atoms with Crippen molar-refractivity contribution in [2.75, 3.05) is 7.11 Å². The van der Waals surface area contributed by atoms with Gasteiger partial charge in [-0.05, 0) is 18.2 Å². The second kappa shape index (κ2) is 4.46. The number of para-hydroxylation sites is 1. The minimum Gasteiger partial charge on any atom is -0.495 e. The fourth-order valence-corrected chi connectivity index (χ4v) is 1.97. The van der Waals surface area contributed by atoms with E-state index in [0.29, 0.717) is 0 Å². The molecule has 0 saturated carbocycles. The second-order valence-electron chi connectivity index (χ2n) is 2.95. The van der Waals surface area contributed by atoms with Crippen molar-refractivity contribution in [1.82, 2.24) is 0 Å². The van der Waals surface area contributed by atoms with E-state index in [1.54, 1.807) is 0 Å². The maximum absolute atomic E-state index is 11.4. The van der Waals surface area contributed by atoms with Gasteiger partial charge < -0.3 is 4.74 Å². The molecule has 86 valence electrons. The van der Waals surface area contributed by atoms with Gasteiger partial charge in [-0.15, -0.1) is 0 Å². The molecule has 2 N–H and O–H groups in total. The summed E-state index contributed by atoms with van der Waals surface area (Å²) >= 11 is 0. The first kappa shape index (κ1) is 12.4. The predicted molar refractivity (Wildman–Crippen MR) is 58.9 cm³/mol. The predicted octanol–water partition coefficient (Wildman–Crippen LogP) is 0.711. The molecule has 0 fully saturated rings. The van der Waals surface area contributed by atoms with Gasteiger partial charge in [0.25, 0.3) is 0 Å². The van der Waals surface area contributed by atoms with Crippen molar-refractivity contribution in [3.05, 3.63) is 36.4 Å². The molecule has 1 rings (SSSR count). The van der Waals surface area contributed by atoms with Crippen molar-refractivity contribution in [3.63, 3.8) is 0 Å². The van der Waals surface area contributed by atoms with E-state index in [9.17, 15) is 13.2 Å². The third kappa shape index (κ3) is 2.29. The molecule has 0 amide bonds. The van der Waals surface area contributed by atoms with Gasteiger partial charge in [0.15, 0.2) is 5.78 Å². The van der Waals surface area contributed by atoms with E-state index in [4.69, 9.17) is 9.88 Å². The quantitative estimate of drug-likeness (QED) is 0.621. The molecule has 0 radical (unpaired) electrons. The lowest BCUT2D eigenvalue weighted by atomic mass is 10.1. The average molecular weight is 241 g/mol. The van der Waals surface area contributed by atoms with E-state index in [-0.39, 0.29) is 16.2 Å². The van der Waals surface area contributed by atoms with Gasteiger partial charge in [0.2, 0.25) is 10.0 Å². The van der Waals surface area contributed by atoms with Crippen molar-refractivity contribution in [2.24, 2.45) is 5.14 Å². The molecule has 1 aromatic rings. The van der Waals surface area contributed by atoms with Gasteiger partial charge in [0.05, 0.1) is 12.7 Å². The van der Waals surface area contributed by atoms with Gasteiger partial charge in [-0.3, -0.25) is 4.79 Å². The molecule has 0 aromatic heterocycles. The first-order chi connectivity index (χ1) is 7.41. The van der Waals surface area contributed by atoms with Crippen LogP contribution in [-0.2, 0) is 10.0 Å². The number of ether oxygens (including phenoxy) is 1. The van der Waals surface area contributed by atoms with Crippen molar-refractivity contribution in [1.29, 1.82) is 0 Å². The van der Waals surface area contributed by atoms with Gasteiger partial charge in [-0.2, -0.15) is 0 Å². The van der Waals surface area contributed by atoms with E-state index in [1.807, 2.05) is 0 Å². The number of allylic oxidation sites excluding steroid dienone is 1. The number of rotatable bonds is 4. The molecule has 0 spiro atoms. The normalized spacial score (nSPS) is 10.9. The van der Waals surface area contributed by atoms with Crippen LogP contribution in [-0.4, -0.2) is 21.3 Å². The molecule has 0 aliphatic heterocycles. The van der Waals surface area contributed by atoms with Gasteiger partial charge in [0, 0.05) is 0 Å². The topological polar surface area (TPSA) is 86.5 Å². The third-order valence-electron chi connectivity index (χ3n) is 1.94. The zero-order chi connectivity index (χ0) is 12.3. The van der Waals surface area contributed by atoms with E-state index in [0.717, 1.165) is 6.08 Å². The highest BCUT2D eigenvalue weighted by atomic mass is 32.2. The highest BCUT2D eigenvalue weighted by Gasteiger charge is 2.20. The minimum absolute atomic E-state index is 0.0603. The maximum Gasteiger partial charge on any atom is 0.241 e. The monoisotopic (exact) mass is 241 g/mol. The minimum atomic E-state index is -3.92. The first-order valence-electron chi connectivity index (χ1n) is 4.28. The lowest BCUT2D eigenvalue weighted by Gasteiger charge is -2.09. The van der Waals surface area contributed by atoms with E-state index in [2.05, 4.69) is 6.58 Å². The van der Waals surface area contributed by atoms with Crippen LogP contribution < -0.4 is 9.88 Å². The number of methoxy groups -OCH3 is 1. The average Bonchev–Trinajstić information content (AvgIpc) is 2.25. The Kier molecular flexibility index (Phi) is 3.46. The van der Waals surface area contributed by atoms with Gasteiger partial charge in [-0.25, -0.2) is 13.6 Å². The molecule has 0 saturated heterocycles. The smallest absolute Gasteiger partial charge is 0.241 e. The number of hydrogen-bond donors (Lipinski definition) is 1. The molecule has 5 nitrogen and oxygen atoms in total. The number of sulfonamides is 1. The number of nitrogens with two attached hydrogens (primary N) is 1. The highest BCUT2D eigenvalue weighted by molar-refractivity contribution is 7.89. The highest BCUT2D eigenvalue weighted by Crippen LogP contribution is 2.27. The summed E-state index contributed by atoms with van der Waals surface area (Å²) in [6.45, 7) is 3.32. The van der Waals surface area contributed by atoms with Crippen LogP contribution in [0, 0.1) is 0 Å². The summed E-state index contributed by atoms with van der Waals surface area (Å²) in [5.41, 5.74) is 0.115. The molecule has 1 aromatic carbocycles. The number of hydrogen-bond acceptors (Lipinski definition) is 4. The van der Waals surface area contributed by atoms with Crippen LogP contribution in [0.3, 0.4) is 0 Å². The number of benzene rings is 1. The van der Waals surface area contributed by atoms with Crippen LogP contribution in [0.5, 0.6) is 5.75 Å². The van der Waals surface area contributed by atoms with Gasteiger partial charge >= 0.3 is 0 Å². The first-order valence-corrected chi connectivity index (χ1v) is 5.83. The molecule has 0 atom stereocenters. The Morgan fingerprint density at radius 2 is 2.12 bits per heavy atom. The third-order valence-corrected chi connectivity index (χ3v) is 2.87. The number of carbonyl (C=O) groups excluding carboxylic acids is 1. The zero-order valence-electron chi connectivity index (χ0n) is 8.64. The summed E-state index contributed by atoms with van der Waals surface area (Å²) in [5, 5.41) is 5.00. The SMILES string of the molecule is C=CC(=O)c1cccc(S(N)(=O)=O)c1OC. The Bertz CT molecular complexity index is 534. The molecule has 0 unspecified atom stereocenters. The summed E-state index contributed by atoms with van der Waals surface area (Å²) < 4.78 is 27.4. The lowest BCUT2D eigenvalue weighted by molar-refractivity contribution is 0.104. The number of primary sulfonamides is 1. The lowest BCUT2D eigenvalue weighted by Crippen LogP contribution is -2.15. The summed E-state index contributed by atoms with van der Waals surface area (Å²) in [6, 6.07) is 4.13. The number of ketones is 1. The fraction of sp³-hybridized carbons (Fsp3) is 0.100. The van der Waals surface area contributed by atoms with Crippen molar-refractivity contribution >= 4 is 15.8 Å². The summed E-state index contributed by atoms with van der Waals surface area (Å²) in [6.07, 6.45) is 1.07. The van der Waals surface area contributed by atoms with E-state index in [1.165, 1.54) is 25.3 Å². The molecule has 6 heteroatoms. The molecule has 0 heterocycles. The van der Waals surface area contributed by atoms with E-state index >= 15 is 0 Å². The number of carbonyl (C=O) groups is 1. The maximum atomic E-state index is 11.4. The summed E-state index contributed by atoms with van der Waals surface area (Å²) in [4.78, 5) is 11.2. The molecule has 0 aliphatic rings. The van der Waals surface area contributed by atoms with Crippen LogP contribution in [0.1, 0.15) is 10.4 Å². The van der Waals surface area contributed by atoms with Gasteiger partial charge in [-0.1, -0.05) is 12.6 Å². The Morgan fingerprint density at radius 1 is 1.50 bits per heavy atom. The van der Waals surface area contributed by atoms with Crippen LogP contribution in [0.15, 0.2) is 35.7 Å². The summed E-state index contributed by atoms with van der Waals surface area (Å²) in [5.74, 6) is -0.489. The molecular formula is C10H11NO4S.